The Kier molecular flexibility index (Phi) is 5.01. The summed E-state index contributed by atoms with van der Waals surface area (Å²) >= 11 is 0. The summed E-state index contributed by atoms with van der Waals surface area (Å²) in [6, 6.07) is 7.92. The lowest BCUT2D eigenvalue weighted by Gasteiger charge is -2.24. The minimum absolute atomic E-state index is 0.00421. The molecule has 1 fully saturated rings. The molecule has 2 unspecified atom stereocenters. The summed E-state index contributed by atoms with van der Waals surface area (Å²) < 4.78 is 19.0. The molecule has 2 heterocycles. The van der Waals surface area contributed by atoms with Gasteiger partial charge in [-0.3, -0.25) is 24.5 Å². The Morgan fingerprint density at radius 3 is 2.81 bits per heavy atom. The van der Waals surface area contributed by atoms with E-state index in [9.17, 15) is 28.9 Å². The van der Waals surface area contributed by atoms with Gasteiger partial charge in [0.05, 0.1) is 22.2 Å². The average Bonchev–Trinajstić information content (AvgIpc) is 3.11. The quantitative estimate of drug-likeness (QED) is 0.568. The standard InChI is InChI=1S/C20H17FN4O6/c1-10-19(27)23-15-7-12(2-5-17(15)31-10)22-20(28)11-6-18(26)24(9-11)13-3-4-14(21)16(8-13)25(29)30/h2-5,7-8,10-11H,6,9H2,1H3,(H,22,28)(H,23,27). The number of nitrogens with one attached hydrogen (secondary N) is 2. The number of carbonyl (C=O) groups excluding carboxylic acids is 3. The Morgan fingerprint density at radius 1 is 1.29 bits per heavy atom. The molecule has 160 valence electrons. The summed E-state index contributed by atoms with van der Waals surface area (Å²) in [5, 5.41) is 16.3. The average molecular weight is 428 g/mol. The van der Waals surface area contributed by atoms with E-state index in [4.69, 9.17) is 4.74 Å². The summed E-state index contributed by atoms with van der Waals surface area (Å²) in [4.78, 5) is 48.1. The normalized spacial score (nSPS) is 20.0. The van der Waals surface area contributed by atoms with E-state index >= 15 is 0 Å². The van der Waals surface area contributed by atoms with Crippen LogP contribution in [0.25, 0.3) is 0 Å². The third kappa shape index (κ3) is 3.89. The van der Waals surface area contributed by atoms with Crippen LogP contribution in [0.2, 0.25) is 0 Å². The van der Waals surface area contributed by atoms with Crippen LogP contribution in [0.4, 0.5) is 27.1 Å². The molecule has 0 bridgehead atoms. The highest BCUT2D eigenvalue weighted by Crippen LogP contribution is 2.33. The molecule has 11 heteroatoms. The van der Waals surface area contributed by atoms with Crippen LogP contribution in [0.5, 0.6) is 5.75 Å². The molecule has 0 radical (unpaired) electrons. The molecule has 4 rings (SSSR count). The maximum absolute atomic E-state index is 13.6. The lowest BCUT2D eigenvalue weighted by atomic mass is 10.1. The molecule has 0 aromatic heterocycles. The van der Waals surface area contributed by atoms with Crippen molar-refractivity contribution in [2.24, 2.45) is 5.92 Å². The third-order valence-corrected chi connectivity index (χ3v) is 5.11. The van der Waals surface area contributed by atoms with Gasteiger partial charge in [0.15, 0.2) is 6.10 Å². The first-order chi connectivity index (χ1) is 14.7. The van der Waals surface area contributed by atoms with Crippen LogP contribution in [0.1, 0.15) is 13.3 Å². The second-order valence-electron chi connectivity index (χ2n) is 7.25. The van der Waals surface area contributed by atoms with Crippen molar-refractivity contribution in [3.05, 3.63) is 52.3 Å². The molecule has 2 aliphatic rings. The van der Waals surface area contributed by atoms with E-state index in [0.717, 1.165) is 12.1 Å². The summed E-state index contributed by atoms with van der Waals surface area (Å²) in [6.45, 7) is 1.61. The molecule has 2 aliphatic heterocycles. The molecule has 2 atom stereocenters. The van der Waals surface area contributed by atoms with Crippen LogP contribution in [-0.2, 0) is 14.4 Å². The molecule has 2 aromatic rings. The molecular formula is C20H17FN4O6. The van der Waals surface area contributed by atoms with Crippen molar-refractivity contribution in [2.45, 2.75) is 19.4 Å². The first-order valence-electron chi connectivity index (χ1n) is 9.39. The number of hydrogen-bond donors (Lipinski definition) is 2. The predicted molar refractivity (Wildman–Crippen MR) is 107 cm³/mol. The molecule has 2 aromatic carbocycles. The number of nitro benzene ring substituents is 1. The van der Waals surface area contributed by atoms with Crippen LogP contribution in [0.15, 0.2) is 36.4 Å². The van der Waals surface area contributed by atoms with Crippen LogP contribution in [-0.4, -0.2) is 35.3 Å². The van der Waals surface area contributed by atoms with Crippen molar-refractivity contribution >= 4 is 40.5 Å². The fourth-order valence-corrected chi connectivity index (χ4v) is 3.47. The number of hydrogen-bond acceptors (Lipinski definition) is 6. The maximum Gasteiger partial charge on any atom is 0.306 e. The van der Waals surface area contributed by atoms with Gasteiger partial charge in [0.1, 0.15) is 5.75 Å². The molecule has 31 heavy (non-hydrogen) atoms. The van der Waals surface area contributed by atoms with E-state index in [1.54, 1.807) is 25.1 Å². The first-order valence-corrected chi connectivity index (χ1v) is 9.39. The largest absolute Gasteiger partial charge is 0.479 e. The van der Waals surface area contributed by atoms with Crippen molar-refractivity contribution < 1.29 is 28.4 Å². The molecule has 0 saturated carbocycles. The van der Waals surface area contributed by atoms with E-state index < -0.39 is 40.3 Å². The number of rotatable bonds is 4. The van der Waals surface area contributed by atoms with Gasteiger partial charge in [-0.05, 0) is 37.3 Å². The van der Waals surface area contributed by atoms with Gasteiger partial charge in [-0.15, -0.1) is 0 Å². The molecule has 0 aliphatic carbocycles. The zero-order chi connectivity index (χ0) is 22.3. The molecule has 3 amide bonds. The summed E-state index contributed by atoms with van der Waals surface area (Å²) in [7, 11) is 0. The molecular weight excluding hydrogens is 411 g/mol. The van der Waals surface area contributed by atoms with Crippen molar-refractivity contribution in [3.63, 3.8) is 0 Å². The number of amides is 3. The Morgan fingerprint density at radius 2 is 2.06 bits per heavy atom. The van der Waals surface area contributed by atoms with Crippen LogP contribution in [0, 0.1) is 21.8 Å². The minimum atomic E-state index is -1.01. The number of ether oxygens (including phenoxy) is 1. The minimum Gasteiger partial charge on any atom is -0.479 e. The van der Waals surface area contributed by atoms with E-state index in [0.29, 0.717) is 17.1 Å². The number of halogens is 1. The third-order valence-electron chi connectivity index (χ3n) is 5.11. The van der Waals surface area contributed by atoms with Crippen LogP contribution >= 0.6 is 0 Å². The first kappa shape index (κ1) is 20.3. The second-order valence-corrected chi connectivity index (χ2v) is 7.25. The highest BCUT2D eigenvalue weighted by molar-refractivity contribution is 6.04. The van der Waals surface area contributed by atoms with Gasteiger partial charge in [0.2, 0.25) is 17.6 Å². The highest BCUT2D eigenvalue weighted by Gasteiger charge is 2.36. The van der Waals surface area contributed by atoms with E-state index in [-0.39, 0.29) is 24.6 Å². The zero-order valence-electron chi connectivity index (χ0n) is 16.3. The van der Waals surface area contributed by atoms with Crippen LogP contribution < -0.4 is 20.3 Å². The Balaban J connectivity index is 1.47. The van der Waals surface area contributed by atoms with E-state index in [1.807, 2.05) is 0 Å². The Bertz CT molecular complexity index is 1120. The van der Waals surface area contributed by atoms with Gasteiger partial charge in [-0.2, -0.15) is 4.39 Å². The number of fused-ring (bicyclic) bond motifs is 1. The maximum atomic E-state index is 13.6. The van der Waals surface area contributed by atoms with Gasteiger partial charge in [-0.25, -0.2) is 0 Å². The van der Waals surface area contributed by atoms with Crippen molar-refractivity contribution in [2.75, 3.05) is 22.1 Å². The van der Waals surface area contributed by atoms with Crippen molar-refractivity contribution in [1.82, 2.24) is 0 Å². The number of benzene rings is 2. The topological polar surface area (TPSA) is 131 Å². The van der Waals surface area contributed by atoms with Crippen molar-refractivity contribution in [1.29, 1.82) is 0 Å². The monoisotopic (exact) mass is 428 g/mol. The van der Waals surface area contributed by atoms with Gasteiger partial charge in [0, 0.05) is 24.7 Å². The Labute approximate surface area is 175 Å². The van der Waals surface area contributed by atoms with E-state index in [1.165, 1.54) is 11.0 Å². The van der Waals surface area contributed by atoms with Gasteiger partial charge < -0.3 is 20.3 Å². The Hall–Kier alpha value is -4.02. The summed E-state index contributed by atoms with van der Waals surface area (Å²) in [5.74, 6) is -2.37. The van der Waals surface area contributed by atoms with Gasteiger partial charge in [0.25, 0.3) is 5.91 Å². The van der Waals surface area contributed by atoms with Crippen LogP contribution in [0.3, 0.4) is 0 Å². The predicted octanol–water partition coefficient (Wildman–Crippen LogP) is 2.44. The lowest BCUT2D eigenvalue weighted by Crippen LogP contribution is -2.34. The SMILES string of the molecule is CC1Oc2ccc(NC(=O)C3CC(=O)N(c4ccc(F)c([N+](=O)[O-])c4)C3)cc2NC1=O. The molecule has 2 N–H and O–H groups in total. The number of carbonyl (C=O) groups is 3. The fourth-order valence-electron chi connectivity index (χ4n) is 3.47. The van der Waals surface area contributed by atoms with Gasteiger partial charge in [-0.1, -0.05) is 0 Å². The molecule has 10 nitrogen and oxygen atoms in total. The lowest BCUT2D eigenvalue weighted by molar-refractivity contribution is -0.387. The number of nitro groups is 1. The van der Waals surface area contributed by atoms with Gasteiger partial charge >= 0.3 is 5.69 Å². The summed E-state index contributed by atoms with van der Waals surface area (Å²) in [5.41, 5.74) is 0.233. The fraction of sp³-hybridized carbons (Fsp3) is 0.250. The molecule has 1 saturated heterocycles. The number of nitrogens with zero attached hydrogens (tertiary/aromatic N) is 2. The smallest absolute Gasteiger partial charge is 0.306 e. The highest BCUT2D eigenvalue weighted by atomic mass is 19.1. The zero-order valence-corrected chi connectivity index (χ0v) is 16.3. The number of anilines is 3. The van der Waals surface area contributed by atoms with E-state index in [2.05, 4.69) is 10.6 Å². The summed E-state index contributed by atoms with van der Waals surface area (Å²) in [6.07, 6.45) is -0.718. The molecule has 0 spiro atoms. The second kappa shape index (κ2) is 7.67. The van der Waals surface area contributed by atoms with Crippen molar-refractivity contribution in [3.8, 4) is 5.75 Å².